The van der Waals surface area contributed by atoms with Crippen molar-refractivity contribution in [2.45, 2.75) is 13.5 Å². The zero-order valence-electron chi connectivity index (χ0n) is 15.2. The number of carbonyl (C=O) groups is 1. The zero-order chi connectivity index (χ0) is 19.9. The van der Waals surface area contributed by atoms with Gasteiger partial charge in [-0.3, -0.25) is 4.79 Å². The van der Waals surface area contributed by atoms with Crippen LogP contribution in [0.3, 0.4) is 0 Å². The lowest BCUT2D eigenvalue weighted by Gasteiger charge is -2.15. The molecule has 3 aromatic carbocycles. The van der Waals surface area contributed by atoms with Crippen LogP contribution in [0.2, 0.25) is 5.02 Å². The SMILES string of the molecule is CCOc1c(Br)cc(C(=O)Nc2ccc(Cl)cc2)cc1OCc1ccccc1. The Hall–Kier alpha value is -2.50. The highest BCUT2D eigenvalue weighted by Crippen LogP contribution is 2.37. The summed E-state index contributed by atoms with van der Waals surface area (Å²) in [6, 6.07) is 20.1. The Balaban J connectivity index is 1.83. The molecule has 0 spiro atoms. The minimum Gasteiger partial charge on any atom is -0.489 e. The van der Waals surface area contributed by atoms with Crippen molar-refractivity contribution >= 4 is 39.1 Å². The summed E-state index contributed by atoms with van der Waals surface area (Å²) in [5.74, 6) is 0.818. The van der Waals surface area contributed by atoms with E-state index < -0.39 is 0 Å². The van der Waals surface area contributed by atoms with Crippen LogP contribution in [0.25, 0.3) is 0 Å². The molecule has 28 heavy (non-hydrogen) atoms. The fourth-order valence-corrected chi connectivity index (χ4v) is 3.25. The number of hydrogen-bond acceptors (Lipinski definition) is 3. The van der Waals surface area contributed by atoms with Gasteiger partial charge in [-0.15, -0.1) is 0 Å². The molecule has 0 unspecified atom stereocenters. The van der Waals surface area contributed by atoms with Gasteiger partial charge >= 0.3 is 0 Å². The molecule has 0 heterocycles. The molecular formula is C22H19BrClNO3. The van der Waals surface area contributed by atoms with E-state index in [-0.39, 0.29) is 5.91 Å². The number of nitrogens with one attached hydrogen (secondary N) is 1. The molecule has 0 fully saturated rings. The number of halogens is 2. The second kappa shape index (κ2) is 9.62. The first-order valence-corrected chi connectivity index (χ1v) is 9.94. The normalized spacial score (nSPS) is 10.4. The summed E-state index contributed by atoms with van der Waals surface area (Å²) in [4.78, 5) is 12.7. The molecule has 0 aliphatic heterocycles. The summed E-state index contributed by atoms with van der Waals surface area (Å²) in [6.07, 6.45) is 0. The third kappa shape index (κ3) is 5.27. The predicted octanol–water partition coefficient (Wildman–Crippen LogP) is 6.33. The highest BCUT2D eigenvalue weighted by atomic mass is 79.9. The number of ether oxygens (including phenoxy) is 2. The molecule has 144 valence electrons. The van der Waals surface area contributed by atoms with E-state index in [1.807, 2.05) is 37.3 Å². The molecule has 6 heteroatoms. The lowest BCUT2D eigenvalue weighted by atomic mass is 10.1. The van der Waals surface area contributed by atoms with E-state index in [4.69, 9.17) is 21.1 Å². The lowest BCUT2D eigenvalue weighted by molar-refractivity contribution is 0.102. The van der Waals surface area contributed by atoms with E-state index in [0.717, 1.165) is 5.56 Å². The van der Waals surface area contributed by atoms with Gasteiger partial charge in [0.2, 0.25) is 0 Å². The van der Waals surface area contributed by atoms with Crippen molar-refractivity contribution < 1.29 is 14.3 Å². The van der Waals surface area contributed by atoms with Crippen molar-refractivity contribution in [3.05, 3.63) is 87.4 Å². The van der Waals surface area contributed by atoms with E-state index in [1.165, 1.54) is 0 Å². The maximum atomic E-state index is 12.7. The number of benzene rings is 3. The van der Waals surface area contributed by atoms with Crippen LogP contribution in [-0.2, 0) is 6.61 Å². The predicted molar refractivity (Wildman–Crippen MR) is 115 cm³/mol. The lowest BCUT2D eigenvalue weighted by Crippen LogP contribution is -2.12. The quantitative estimate of drug-likeness (QED) is 0.448. The van der Waals surface area contributed by atoms with Gasteiger partial charge in [0.1, 0.15) is 6.61 Å². The van der Waals surface area contributed by atoms with Crippen LogP contribution in [0.1, 0.15) is 22.8 Å². The van der Waals surface area contributed by atoms with Crippen molar-refractivity contribution in [2.24, 2.45) is 0 Å². The number of hydrogen-bond donors (Lipinski definition) is 1. The van der Waals surface area contributed by atoms with Gasteiger partial charge in [0.15, 0.2) is 11.5 Å². The van der Waals surface area contributed by atoms with E-state index in [2.05, 4.69) is 21.2 Å². The summed E-state index contributed by atoms with van der Waals surface area (Å²) in [7, 11) is 0. The zero-order valence-corrected chi connectivity index (χ0v) is 17.6. The maximum Gasteiger partial charge on any atom is 0.255 e. The minimum atomic E-state index is -0.254. The Morgan fingerprint density at radius 1 is 1.04 bits per heavy atom. The van der Waals surface area contributed by atoms with Crippen LogP contribution in [-0.4, -0.2) is 12.5 Å². The molecule has 3 rings (SSSR count). The van der Waals surface area contributed by atoms with Gasteiger partial charge in [-0.2, -0.15) is 0 Å². The Bertz CT molecular complexity index is 946. The monoisotopic (exact) mass is 459 g/mol. The Kier molecular flexibility index (Phi) is 6.95. The molecule has 0 aromatic heterocycles. The molecule has 0 saturated carbocycles. The second-order valence-electron chi connectivity index (χ2n) is 5.95. The van der Waals surface area contributed by atoms with Crippen LogP contribution in [0.15, 0.2) is 71.2 Å². The van der Waals surface area contributed by atoms with Crippen LogP contribution >= 0.6 is 27.5 Å². The number of carbonyl (C=O) groups excluding carboxylic acids is 1. The maximum absolute atomic E-state index is 12.7. The smallest absolute Gasteiger partial charge is 0.255 e. The molecule has 0 aliphatic rings. The molecule has 0 aliphatic carbocycles. The van der Waals surface area contributed by atoms with E-state index in [9.17, 15) is 4.79 Å². The molecule has 1 amide bonds. The summed E-state index contributed by atoms with van der Waals surface area (Å²) >= 11 is 9.38. The van der Waals surface area contributed by atoms with E-state index in [0.29, 0.717) is 45.5 Å². The first-order chi connectivity index (χ1) is 13.6. The fraction of sp³-hybridized carbons (Fsp3) is 0.136. The average molecular weight is 461 g/mol. The van der Waals surface area contributed by atoms with Crippen LogP contribution in [0, 0.1) is 0 Å². The average Bonchev–Trinajstić information content (AvgIpc) is 2.70. The van der Waals surface area contributed by atoms with Crippen molar-refractivity contribution in [1.82, 2.24) is 0 Å². The van der Waals surface area contributed by atoms with Crippen LogP contribution in [0.5, 0.6) is 11.5 Å². The van der Waals surface area contributed by atoms with Crippen molar-refractivity contribution in [3.63, 3.8) is 0 Å². The van der Waals surface area contributed by atoms with E-state index >= 15 is 0 Å². The van der Waals surface area contributed by atoms with Crippen LogP contribution in [0.4, 0.5) is 5.69 Å². The van der Waals surface area contributed by atoms with Gasteiger partial charge in [0.05, 0.1) is 11.1 Å². The highest BCUT2D eigenvalue weighted by Gasteiger charge is 2.16. The first-order valence-electron chi connectivity index (χ1n) is 8.77. The third-order valence-corrected chi connectivity index (χ3v) is 4.74. The molecule has 3 aromatic rings. The van der Waals surface area contributed by atoms with E-state index in [1.54, 1.807) is 36.4 Å². The Morgan fingerprint density at radius 3 is 2.43 bits per heavy atom. The highest BCUT2D eigenvalue weighted by molar-refractivity contribution is 9.10. The molecule has 4 nitrogen and oxygen atoms in total. The molecular weight excluding hydrogens is 442 g/mol. The van der Waals surface area contributed by atoms with Gasteiger partial charge in [0, 0.05) is 16.3 Å². The summed E-state index contributed by atoms with van der Waals surface area (Å²) in [5.41, 5.74) is 2.14. The topological polar surface area (TPSA) is 47.6 Å². The molecule has 0 radical (unpaired) electrons. The number of rotatable bonds is 7. The van der Waals surface area contributed by atoms with Gasteiger partial charge in [-0.1, -0.05) is 41.9 Å². The van der Waals surface area contributed by atoms with Crippen molar-refractivity contribution in [1.29, 1.82) is 0 Å². The van der Waals surface area contributed by atoms with Gasteiger partial charge < -0.3 is 14.8 Å². The van der Waals surface area contributed by atoms with Crippen molar-refractivity contribution in [2.75, 3.05) is 11.9 Å². The standard InChI is InChI=1S/C22H19BrClNO3/c1-2-27-21-19(23)12-16(22(26)25-18-10-8-17(24)9-11-18)13-20(21)28-14-15-6-4-3-5-7-15/h3-13H,2,14H2,1H3,(H,25,26). The molecule has 0 saturated heterocycles. The third-order valence-electron chi connectivity index (χ3n) is 3.90. The molecule has 1 N–H and O–H groups in total. The first kappa shape index (κ1) is 20.2. The molecule has 0 bridgehead atoms. The minimum absolute atomic E-state index is 0.254. The fourth-order valence-electron chi connectivity index (χ4n) is 2.56. The van der Waals surface area contributed by atoms with Gasteiger partial charge in [-0.05, 0) is 64.8 Å². The van der Waals surface area contributed by atoms with Crippen molar-refractivity contribution in [3.8, 4) is 11.5 Å². The van der Waals surface area contributed by atoms with Gasteiger partial charge in [0.25, 0.3) is 5.91 Å². The van der Waals surface area contributed by atoms with Crippen LogP contribution < -0.4 is 14.8 Å². The summed E-state index contributed by atoms with van der Waals surface area (Å²) in [5, 5.41) is 3.46. The largest absolute Gasteiger partial charge is 0.489 e. The van der Waals surface area contributed by atoms with Gasteiger partial charge in [-0.25, -0.2) is 0 Å². The summed E-state index contributed by atoms with van der Waals surface area (Å²) < 4.78 is 12.3. The molecule has 0 atom stereocenters. The number of anilines is 1. The Morgan fingerprint density at radius 2 is 1.75 bits per heavy atom. The Labute approximate surface area is 177 Å². The number of amides is 1. The second-order valence-corrected chi connectivity index (χ2v) is 7.24. The summed E-state index contributed by atoms with van der Waals surface area (Å²) in [6.45, 7) is 2.75.